The van der Waals surface area contributed by atoms with Crippen LogP contribution < -0.4 is 30.6 Å². The number of halogens is 3. The first-order chi connectivity index (χ1) is 19.8. The van der Waals surface area contributed by atoms with Crippen molar-refractivity contribution in [2.75, 3.05) is 25.7 Å². The van der Waals surface area contributed by atoms with Crippen LogP contribution in [0.2, 0.25) is 0 Å². The highest BCUT2D eigenvalue weighted by Gasteiger charge is 2.45. The molecule has 0 bridgehead atoms. The number of alkyl halides is 2. The Bertz CT molecular complexity index is 1510. The van der Waals surface area contributed by atoms with Crippen molar-refractivity contribution in [2.24, 2.45) is 0 Å². The summed E-state index contributed by atoms with van der Waals surface area (Å²) in [5.41, 5.74) is 0.0348. The minimum Gasteiger partial charge on any atom is -0.497 e. The largest absolute Gasteiger partial charge is 0.497 e. The van der Waals surface area contributed by atoms with Crippen molar-refractivity contribution >= 4 is 63.9 Å². The molecular formula is C28H30F2IN3O6P2. The third-order valence-electron chi connectivity index (χ3n) is 6.86. The molecule has 1 saturated heterocycles. The maximum absolute atomic E-state index is 15.5. The summed E-state index contributed by atoms with van der Waals surface area (Å²) in [5, 5.41) is 3.17. The number of hydrogen-bond donors (Lipinski definition) is 1. The molecule has 4 unspecified atom stereocenters. The SMILES string of the molecule is COc1cc(F)c([C@@H]2CN(c3cccn(CC(C)OC)c3=O)C(=O)[C@H]2NC(=O)c2ccc(OC(F)(P)I)cc2)c(P)c1. The molecule has 1 aliphatic rings. The van der Waals surface area contributed by atoms with E-state index in [0.717, 1.165) is 0 Å². The van der Waals surface area contributed by atoms with Gasteiger partial charge in [0.15, 0.2) is 0 Å². The van der Waals surface area contributed by atoms with Crippen LogP contribution in [0.25, 0.3) is 0 Å². The van der Waals surface area contributed by atoms with Crippen LogP contribution in [-0.2, 0) is 16.1 Å². The van der Waals surface area contributed by atoms with Gasteiger partial charge in [-0.15, -0.1) is 9.24 Å². The second-order valence-electron chi connectivity index (χ2n) is 9.70. The van der Waals surface area contributed by atoms with Crippen molar-refractivity contribution in [3.05, 3.63) is 82.0 Å². The van der Waals surface area contributed by atoms with Gasteiger partial charge < -0.3 is 29.0 Å². The number of hydrogen-bond acceptors (Lipinski definition) is 6. The van der Waals surface area contributed by atoms with Gasteiger partial charge in [0.1, 0.15) is 29.0 Å². The molecule has 6 atom stereocenters. The number of methoxy groups -OCH3 is 2. The van der Waals surface area contributed by atoms with Crippen molar-refractivity contribution < 1.29 is 32.6 Å². The highest BCUT2D eigenvalue weighted by Crippen LogP contribution is 2.35. The predicted octanol–water partition coefficient (Wildman–Crippen LogP) is 3.73. The molecule has 3 aromatic rings. The van der Waals surface area contributed by atoms with E-state index in [-0.39, 0.29) is 47.5 Å². The smallest absolute Gasteiger partial charge is 0.309 e. The minimum atomic E-state index is -2.02. The van der Waals surface area contributed by atoms with Gasteiger partial charge in [-0.25, -0.2) is 4.39 Å². The minimum absolute atomic E-state index is 0.0668. The highest BCUT2D eigenvalue weighted by atomic mass is 127. The lowest BCUT2D eigenvalue weighted by atomic mass is 9.93. The molecule has 0 aliphatic carbocycles. The van der Waals surface area contributed by atoms with E-state index in [4.69, 9.17) is 14.2 Å². The molecule has 1 aliphatic heterocycles. The van der Waals surface area contributed by atoms with E-state index in [1.54, 1.807) is 18.3 Å². The number of carbonyl (C=O) groups excluding carboxylic acids is 2. The van der Waals surface area contributed by atoms with Crippen LogP contribution in [0.5, 0.6) is 11.5 Å². The molecule has 224 valence electrons. The number of amides is 2. The molecule has 0 radical (unpaired) electrons. The Hall–Kier alpha value is -2.66. The van der Waals surface area contributed by atoms with E-state index in [1.807, 2.05) is 16.2 Å². The summed E-state index contributed by atoms with van der Waals surface area (Å²) in [4.78, 5) is 41.8. The number of rotatable bonds is 10. The molecule has 2 aromatic carbocycles. The summed E-state index contributed by atoms with van der Waals surface area (Å²) in [5.74, 6) is -2.18. The molecule has 0 saturated carbocycles. The average Bonchev–Trinajstić information content (AvgIpc) is 3.23. The van der Waals surface area contributed by atoms with Crippen molar-refractivity contribution in [1.29, 1.82) is 0 Å². The number of anilines is 1. The molecule has 4 rings (SSSR count). The lowest BCUT2D eigenvalue weighted by molar-refractivity contribution is -0.118. The Labute approximate surface area is 259 Å². The first-order valence-corrected chi connectivity index (χ1v) is 15.0. The molecular weight excluding hydrogens is 701 g/mol. The molecule has 0 spiro atoms. The van der Waals surface area contributed by atoms with Crippen molar-refractivity contribution in [3.63, 3.8) is 0 Å². The van der Waals surface area contributed by atoms with Crippen molar-refractivity contribution in [2.45, 2.75) is 35.1 Å². The fraction of sp³-hybridized carbons (Fsp3) is 0.321. The Morgan fingerprint density at radius 3 is 2.48 bits per heavy atom. The molecule has 2 amide bonds. The van der Waals surface area contributed by atoms with Crippen LogP contribution in [0, 0.1) is 5.82 Å². The zero-order chi connectivity index (χ0) is 30.8. The number of carbonyl (C=O) groups is 2. The van der Waals surface area contributed by atoms with E-state index in [0.29, 0.717) is 5.30 Å². The van der Waals surface area contributed by atoms with Gasteiger partial charge in [-0.05, 0) is 63.9 Å². The highest BCUT2D eigenvalue weighted by molar-refractivity contribution is 14.1. The second kappa shape index (κ2) is 13.3. The fourth-order valence-corrected chi connectivity index (χ4v) is 5.68. The van der Waals surface area contributed by atoms with E-state index in [1.165, 1.54) is 82.7 Å². The third-order valence-corrected chi connectivity index (χ3v) is 7.68. The summed E-state index contributed by atoms with van der Waals surface area (Å²) in [6.07, 6.45) is 1.34. The molecule has 14 heteroatoms. The Morgan fingerprint density at radius 2 is 1.88 bits per heavy atom. The van der Waals surface area contributed by atoms with Gasteiger partial charge in [-0.3, -0.25) is 14.4 Å². The summed E-state index contributed by atoms with van der Waals surface area (Å²) in [6, 6.07) is 10.5. The van der Waals surface area contributed by atoms with Gasteiger partial charge >= 0.3 is 3.60 Å². The first kappa shape index (κ1) is 32.3. The van der Waals surface area contributed by atoms with Crippen LogP contribution in [0.4, 0.5) is 14.5 Å². The molecule has 42 heavy (non-hydrogen) atoms. The monoisotopic (exact) mass is 731 g/mol. The summed E-state index contributed by atoms with van der Waals surface area (Å²) < 4.78 is 44.3. The molecule has 1 fully saturated rings. The fourth-order valence-electron chi connectivity index (χ4n) is 4.77. The van der Waals surface area contributed by atoms with Gasteiger partial charge in [0.05, 0.1) is 19.8 Å². The molecule has 2 heterocycles. The van der Waals surface area contributed by atoms with Gasteiger partial charge in [0.25, 0.3) is 11.5 Å². The molecule has 1 N–H and O–H groups in total. The standard InChI is InChI=1S/C28H30F2IN3O6P2/c1-15(38-2)13-33-10-4-5-21(26(33)36)34-14-19(23-20(29)11-18(39-3)12-22(23)41)24(27(34)37)32-25(35)16-6-8-17(9-7-16)40-28(30,31)42/h4-12,15,19,24H,13-14,41-42H2,1-3H3,(H,32,35)/t15?,19-,24-,28?/m0/s1. The Kier molecular flexibility index (Phi) is 10.2. The van der Waals surface area contributed by atoms with Crippen molar-refractivity contribution in [1.82, 2.24) is 9.88 Å². The van der Waals surface area contributed by atoms with Crippen LogP contribution in [0.1, 0.15) is 28.8 Å². The van der Waals surface area contributed by atoms with Gasteiger partial charge in [-0.1, -0.05) is 0 Å². The van der Waals surface area contributed by atoms with Crippen LogP contribution in [-0.4, -0.2) is 52.9 Å². The normalized spacial score (nSPS) is 18.9. The number of benzene rings is 2. The molecule has 9 nitrogen and oxygen atoms in total. The van der Waals surface area contributed by atoms with Gasteiger partial charge in [0, 0.05) is 65.6 Å². The summed E-state index contributed by atoms with van der Waals surface area (Å²) in [7, 11) is 7.30. The maximum atomic E-state index is 15.5. The number of nitrogens with zero attached hydrogens (tertiary/aromatic N) is 2. The van der Waals surface area contributed by atoms with Gasteiger partial charge in [0.2, 0.25) is 5.91 Å². The van der Waals surface area contributed by atoms with Gasteiger partial charge in [-0.2, -0.15) is 4.39 Å². The quantitative estimate of drug-likeness (QED) is 0.194. The van der Waals surface area contributed by atoms with E-state index < -0.39 is 38.8 Å². The second-order valence-corrected chi connectivity index (χ2v) is 13.7. The number of aromatic nitrogens is 1. The number of nitrogens with one attached hydrogen (secondary N) is 1. The van der Waals surface area contributed by atoms with Crippen LogP contribution in [0.15, 0.2) is 59.5 Å². The first-order valence-electron chi connectivity index (χ1n) is 12.8. The van der Waals surface area contributed by atoms with Crippen molar-refractivity contribution in [3.8, 4) is 11.5 Å². The predicted molar refractivity (Wildman–Crippen MR) is 170 cm³/mol. The summed E-state index contributed by atoms with van der Waals surface area (Å²) in [6.45, 7) is 2.00. The van der Waals surface area contributed by atoms with E-state index in [9.17, 15) is 18.8 Å². The van der Waals surface area contributed by atoms with E-state index in [2.05, 4.69) is 14.6 Å². The number of pyridine rings is 1. The number of ether oxygens (including phenoxy) is 3. The Balaban J connectivity index is 1.71. The zero-order valence-corrected chi connectivity index (χ0v) is 27.4. The third kappa shape index (κ3) is 7.27. The topological polar surface area (TPSA) is 99.1 Å². The lowest BCUT2D eigenvalue weighted by Gasteiger charge is -2.21. The summed E-state index contributed by atoms with van der Waals surface area (Å²) >= 11 is 1.46. The maximum Gasteiger partial charge on any atom is 0.309 e. The van der Waals surface area contributed by atoms with Crippen LogP contribution in [0.3, 0.4) is 0 Å². The lowest BCUT2D eigenvalue weighted by Crippen LogP contribution is -2.45. The van der Waals surface area contributed by atoms with Crippen LogP contribution >= 0.6 is 41.1 Å². The zero-order valence-electron chi connectivity index (χ0n) is 23.0. The Morgan fingerprint density at radius 1 is 1.19 bits per heavy atom. The average molecular weight is 731 g/mol. The van der Waals surface area contributed by atoms with E-state index >= 15 is 4.39 Å². The molecule has 1 aromatic heterocycles.